The number of nitro benzene ring substituents is 1. The quantitative estimate of drug-likeness (QED) is 0.581. The van der Waals surface area contributed by atoms with Crippen LogP contribution in [0.4, 0.5) is 5.69 Å². The van der Waals surface area contributed by atoms with Gasteiger partial charge in [-0.25, -0.2) is 8.42 Å². The van der Waals surface area contributed by atoms with Crippen LogP contribution in [0.15, 0.2) is 29.2 Å². The zero-order valence-electron chi connectivity index (χ0n) is 11.1. The molecule has 1 heterocycles. The van der Waals surface area contributed by atoms with Gasteiger partial charge in [-0.3, -0.25) is 14.9 Å². The summed E-state index contributed by atoms with van der Waals surface area (Å²) in [4.78, 5) is 23.1. The standard InChI is InChI=1S/C12H14N2O6S/c15-12(13-5-7-20-8-6-13)9-21(18,19)11-4-2-1-3-10(11)14(16)17/h1-4H,5-9H2. The second-order valence-electron chi connectivity index (χ2n) is 4.48. The van der Waals surface area contributed by atoms with Crippen LogP contribution in [0.2, 0.25) is 0 Å². The third-order valence-electron chi connectivity index (χ3n) is 3.07. The fraction of sp³-hybridized carbons (Fsp3) is 0.417. The molecule has 0 aliphatic carbocycles. The lowest BCUT2D eigenvalue weighted by atomic mass is 10.3. The fourth-order valence-corrected chi connectivity index (χ4v) is 3.43. The predicted molar refractivity (Wildman–Crippen MR) is 72.5 cm³/mol. The van der Waals surface area contributed by atoms with Crippen molar-refractivity contribution in [3.63, 3.8) is 0 Å². The molecule has 0 aromatic heterocycles. The number of nitro groups is 1. The van der Waals surface area contributed by atoms with Gasteiger partial charge in [-0.15, -0.1) is 0 Å². The van der Waals surface area contributed by atoms with Crippen LogP contribution in [0.1, 0.15) is 0 Å². The Bertz CT molecular complexity index is 651. The maximum absolute atomic E-state index is 12.2. The third kappa shape index (κ3) is 3.56. The summed E-state index contributed by atoms with van der Waals surface area (Å²) in [5.74, 6) is -1.35. The molecule has 114 valence electrons. The van der Waals surface area contributed by atoms with Crippen molar-refractivity contribution in [2.75, 3.05) is 32.1 Å². The molecular formula is C12H14N2O6S. The Hall–Kier alpha value is -2.00. The van der Waals surface area contributed by atoms with E-state index in [2.05, 4.69) is 0 Å². The zero-order valence-corrected chi connectivity index (χ0v) is 11.9. The number of benzene rings is 1. The number of carbonyl (C=O) groups excluding carboxylic acids is 1. The number of morpholine rings is 1. The number of para-hydroxylation sites is 1. The van der Waals surface area contributed by atoms with E-state index in [4.69, 9.17) is 4.74 Å². The zero-order chi connectivity index (χ0) is 15.5. The van der Waals surface area contributed by atoms with E-state index >= 15 is 0 Å². The van der Waals surface area contributed by atoms with E-state index < -0.39 is 37.0 Å². The Kier molecular flexibility index (Phi) is 4.53. The highest BCUT2D eigenvalue weighted by Crippen LogP contribution is 2.24. The van der Waals surface area contributed by atoms with Gasteiger partial charge in [0.2, 0.25) is 5.91 Å². The molecule has 9 heteroatoms. The van der Waals surface area contributed by atoms with Gasteiger partial charge in [0.1, 0.15) is 10.6 Å². The van der Waals surface area contributed by atoms with Gasteiger partial charge >= 0.3 is 0 Å². The van der Waals surface area contributed by atoms with Crippen LogP contribution in [0, 0.1) is 10.1 Å². The number of sulfone groups is 1. The van der Waals surface area contributed by atoms with Crippen molar-refractivity contribution in [1.82, 2.24) is 4.90 Å². The molecule has 1 aromatic rings. The van der Waals surface area contributed by atoms with E-state index in [1.54, 1.807) is 0 Å². The Morgan fingerprint density at radius 2 is 1.90 bits per heavy atom. The molecule has 1 aromatic carbocycles. The summed E-state index contributed by atoms with van der Waals surface area (Å²) in [6.45, 7) is 1.37. The van der Waals surface area contributed by atoms with Crippen molar-refractivity contribution in [2.24, 2.45) is 0 Å². The fourth-order valence-electron chi connectivity index (χ4n) is 2.02. The van der Waals surface area contributed by atoms with Gasteiger partial charge in [0.25, 0.3) is 5.69 Å². The normalized spacial score (nSPS) is 15.7. The van der Waals surface area contributed by atoms with Crippen LogP contribution in [0.3, 0.4) is 0 Å². The predicted octanol–water partition coefficient (Wildman–Crippen LogP) is 0.227. The van der Waals surface area contributed by atoms with Crippen molar-refractivity contribution in [3.8, 4) is 0 Å². The minimum Gasteiger partial charge on any atom is -0.378 e. The number of nitrogens with zero attached hydrogens (tertiary/aromatic N) is 2. The van der Waals surface area contributed by atoms with Gasteiger partial charge in [-0.05, 0) is 6.07 Å². The number of amides is 1. The molecule has 0 bridgehead atoms. The molecular weight excluding hydrogens is 300 g/mol. The van der Waals surface area contributed by atoms with Crippen molar-refractivity contribution >= 4 is 21.4 Å². The molecule has 0 saturated carbocycles. The Morgan fingerprint density at radius 3 is 2.52 bits per heavy atom. The molecule has 0 atom stereocenters. The first-order chi connectivity index (χ1) is 9.92. The maximum Gasteiger partial charge on any atom is 0.287 e. The van der Waals surface area contributed by atoms with Gasteiger partial charge in [-0.2, -0.15) is 0 Å². The summed E-state index contributed by atoms with van der Waals surface area (Å²) >= 11 is 0. The minimum atomic E-state index is -4.06. The van der Waals surface area contributed by atoms with Gasteiger partial charge in [-0.1, -0.05) is 12.1 Å². The number of carbonyl (C=O) groups is 1. The van der Waals surface area contributed by atoms with E-state index in [-0.39, 0.29) is 0 Å². The average Bonchev–Trinajstić information content (AvgIpc) is 2.47. The van der Waals surface area contributed by atoms with Crippen LogP contribution in [-0.4, -0.2) is 56.2 Å². The van der Waals surface area contributed by atoms with Crippen LogP contribution in [-0.2, 0) is 19.4 Å². The number of rotatable bonds is 4. The Labute approximate surface area is 121 Å². The van der Waals surface area contributed by atoms with Crippen molar-refractivity contribution < 1.29 is 22.9 Å². The first-order valence-electron chi connectivity index (χ1n) is 6.23. The topological polar surface area (TPSA) is 107 Å². The lowest BCUT2D eigenvalue weighted by molar-refractivity contribution is -0.387. The average molecular weight is 314 g/mol. The van der Waals surface area contributed by atoms with Crippen molar-refractivity contribution in [3.05, 3.63) is 34.4 Å². The van der Waals surface area contributed by atoms with Crippen LogP contribution < -0.4 is 0 Å². The molecule has 8 nitrogen and oxygen atoms in total. The van der Waals surface area contributed by atoms with Gasteiger partial charge < -0.3 is 9.64 Å². The minimum absolute atomic E-state index is 0.325. The molecule has 1 saturated heterocycles. The van der Waals surface area contributed by atoms with Crippen LogP contribution in [0.5, 0.6) is 0 Å². The van der Waals surface area contributed by atoms with Crippen LogP contribution >= 0.6 is 0 Å². The Balaban J connectivity index is 2.22. The molecule has 0 N–H and O–H groups in total. The largest absolute Gasteiger partial charge is 0.378 e. The first kappa shape index (κ1) is 15.4. The highest BCUT2D eigenvalue weighted by atomic mass is 32.2. The van der Waals surface area contributed by atoms with Gasteiger partial charge in [0.15, 0.2) is 9.84 Å². The highest BCUT2D eigenvalue weighted by Gasteiger charge is 2.30. The second kappa shape index (κ2) is 6.19. The summed E-state index contributed by atoms with van der Waals surface area (Å²) in [6, 6.07) is 5.01. The van der Waals surface area contributed by atoms with E-state index in [0.717, 1.165) is 12.1 Å². The summed E-state index contributed by atoms with van der Waals surface area (Å²) < 4.78 is 29.5. The molecule has 2 rings (SSSR count). The third-order valence-corrected chi connectivity index (χ3v) is 4.72. The lowest BCUT2D eigenvalue weighted by Gasteiger charge is -2.26. The summed E-state index contributed by atoms with van der Waals surface area (Å²) in [5, 5.41) is 10.9. The second-order valence-corrected chi connectivity index (χ2v) is 6.44. The lowest BCUT2D eigenvalue weighted by Crippen LogP contribution is -2.43. The van der Waals surface area contributed by atoms with E-state index in [1.807, 2.05) is 0 Å². The smallest absolute Gasteiger partial charge is 0.287 e. The monoisotopic (exact) mass is 314 g/mol. The van der Waals surface area contributed by atoms with E-state index in [1.165, 1.54) is 17.0 Å². The number of hydrogen-bond acceptors (Lipinski definition) is 6. The first-order valence-corrected chi connectivity index (χ1v) is 7.89. The van der Waals surface area contributed by atoms with Crippen molar-refractivity contribution in [1.29, 1.82) is 0 Å². The van der Waals surface area contributed by atoms with Crippen LogP contribution in [0.25, 0.3) is 0 Å². The highest BCUT2D eigenvalue weighted by molar-refractivity contribution is 7.92. The molecule has 21 heavy (non-hydrogen) atoms. The molecule has 1 amide bonds. The number of hydrogen-bond donors (Lipinski definition) is 0. The SMILES string of the molecule is O=C(CS(=O)(=O)c1ccccc1[N+](=O)[O-])N1CCOCC1. The molecule has 1 aliphatic heterocycles. The summed E-state index contributed by atoms with van der Waals surface area (Å²) in [5.41, 5.74) is -0.521. The molecule has 0 radical (unpaired) electrons. The maximum atomic E-state index is 12.2. The van der Waals surface area contributed by atoms with Gasteiger partial charge in [0, 0.05) is 19.2 Å². The summed E-state index contributed by atoms with van der Waals surface area (Å²) in [6.07, 6.45) is 0. The summed E-state index contributed by atoms with van der Waals surface area (Å²) in [7, 11) is -4.06. The van der Waals surface area contributed by atoms with Crippen molar-refractivity contribution in [2.45, 2.75) is 4.90 Å². The van der Waals surface area contributed by atoms with E-state index in [9.17, 15) is 23.3 Å². The molecule has 0 unspecified atom stereocenters. The molecule has 1 aliphatic rings. The number of ether oxygens (including phenoxy) is 1. The Morgan fingerprint density at radius 1 is 1.29 bits per heavy atom. The molecule has 1 fully saturated rings. The van der Waals surface area contributed by atoms with E-state index in [0.29, 0.717) is 26.3 Å². The van der Waals surface area contributed by atoms with Gasteiger partial charge in [0.05, 0.1) is 18.1 Å². The molecule has 0 spiro atoms.